The quantitative estimate of drug-likeness (QED) is 0.855. The summed E-state index contributed by atoms with van der Waals surface area (Å²) >= 11 is 0. The molecular formula is C20H31N3O3S. The van der Waals surface area contributed by atoms with Crippen LogP contribution in [0.1, 0.15) is 44.2 Å². The maximum absolute atomic E-state index is 12.9. The Bertz CT molecular complexity index is 730. The van der Waals surface area contributed by atoms with E-state index in [1.54, 1.807) is 0 Å². The van der Waals surface area contributed by atoms with Crippen molar-refractivity contribution in [1.29, 1.82) is 0 Å². The maximum atomic E-state index is 12.9. The molecule has 2 unspecified atom stereocenters. The standard InChI is InChI=1S/C20H31N3O3S/c1-16-8-9-19(18-6-4-3-5-7-18)23(15-16)20(24)21-14-17-10-12-22(13-11-17)27(2,25)26/h3-7,16-17,19H,8-15H2,1-2H3,(H,21,24). The Labute approximate surface area is 163 Å². The predicted octanol–water partition coefficient (Wildman–Crippen LogP) is 2.84. The lowest BCUT2D eigenvalue weighted by atomic mass is 9.90. The third-order valence-electron chi connectivity index (χ3n) is 5.85. The summed E-state index contributed by atoms with van der Waals surface area (Å²) in [7, 11) is -3.10. The second-order valence-electron chi connectivity index (χ2n) is 8.05. The zero-order chi connectivity index (χ0) is 19.4. The second kappa shape index (κ2) is 8.61. The van der Waals surface area contributed by atoms with Gasteiger partial charge in [-0.25, -0.2) is 17.5 Å². The molecule has 2 heterocycles. The number of nitrogens with zero attached hydrogens (tertiary/aromatic N) is 2. The van der Waals surface area contributed by atoms with Crippen LogP contribution in [0.3, 0.4) is 0 Å². The monoisotopic (exact) mass is 393 g/mol. The van der Waals surface area contributed by atoms with E-state index in [-0.39, 0.29) is 12.1 Å². The molecule has 0 bridgehead atoms. The summed E-state index contributed by atoms with van der Waals surface area (Å²) in [6.07, 6.45) is 4.98. The summed E-state index contributed by atoms with van der Waals surface area (Å²) < 4.78 is 24.8. The first-order chi connectivity index (χ1) is 12.8. The van der Waals surface area contributed by atoms with Crippen molar-refractivity contribution >= 4 is 16.1 Å². The van der Waals surface area contributed by atoms with Gasteiger partial charge in [0.1, 0.15) is 0 Å². The molecule has 1 N–H and O–H groups in total. The highest BCUT2D eigenvalue weighted by Gasteiger charge is 2.31. The highest BCUT2D eigenvalue weighted by atomic mass is 32.2. The number of rotatable bonds is 4. The van der Waals surface area contributed by atoms with Crippen LogP contribution in [0.5, 0.6) is 0 Å². The number of hydrogen-bond donors (Lipinski definition) is 1. The van der Waals surface area contributed by atoms with E-state index in [0.29, 0.717) is 31.5 Å². The van der Waals surface area contributed by atoms with E-state index in [0.717, 1.165) is 32.2 Å². The van der Waals surface area contributed by atoms with Crippen molar-refractivity contribution in [3.05, 3.63) is 35.9 Å². The number of sulfonamides is 1. The minimum atomic E-state index is -3.10. The van der Waals surface area contributed by atoms with Gasteiger partial charge in [0.2, 0.25) is 10.0 Å². The Morgan fingerprint density at radius 1 is 1.11 bits per heavy atom. The molecule has 27 heavy (non-hydrogen) atoms. The molecule has 150 valence electrons. The van der Waals surface area contributed by atoms with Gasteiger partial charge in [-0.05, 0) is 43.1 Å². The Balaban J connectivity index is 1.56. The lowest BCUT2D eigenvalue weighted by molar-refractivity contribution is 0.127. The van der Waals surface area contributed by atoms with Gasteiger partial charge in [-0.15, -0.1) is 0 Å². The van der Waals surface area contributed by atoms with Gasteiger partial charge >= 0.3 is 6.03 Å². The van der Waals surface area contributed by atoms with Crippen LogP contribution in [0.4, 0.5) is 4.79 Å². The number of amides is 2. The Kier molecular flexibility index (Phi) is 6.42. The molecule has 2 saturated heterocycles. The third-order valence-corrected chi connectivity index (χ3v) is 7.15. The molecule has 2 atom stereocenters. The van der Waals surface area contributed by atoms with Gasteiger partial charge < -0.3 is 10.2 Å². The van der Waals surface area contributed by atoms with Gasteiger partial charge in [-0.2, -0.15) is 0 Å². The van der Waals surface area contributed by atoms with Gasteiger partial charge in [0.25, 0.3) is 0 Å². The first-order valence-corrected chi connectivity index (χ1v) is 11.7. The fraction of sp³-hybridized carbons (Fsp3) is 0.650. The van der Waals surface area contributed by atoms with E-state index < -0.39 is 10.0 Å². The number of hydrogen-bond acceptors (Lipinski definition) is 3. The highest BCUT2D eigenvalue weighted by Crippen LogP contribution is 2.33. The summed E-state index contributed by atoms with van der Waals surface area (Å²) in [5, 5.41) is 3.11. The number of piperidine rings is 2. The number of carbonyl (C=O) groups is 1. The molecule has 6 nitrogen and oxygen atoms in total. The molecule has 3 rings (SSSR count). The summed E-state index contributed by atoms with van der Waals surface area (Å²) in [4.78, 5) is 14.9. The van der Waals surface area contributed by atoms with Crippen LogP contribution >= 0.6 is 0 Å². The molecule has 0 spiro atoms. The van der Waals surface area contributed by atoms with Crippen LogP contribution in [0.2, 0.25) is 0 Å². The number of urea groups is 1. The Hall–Kier alpha value is -1.60. The van der Waals surface area contributed by atoms with Crippen molar-refractivity contribution in [2.24, 2.45) is 11.8 Å². The van der Waals surface area contributed by atoms with E-state index in [2.05, 4.69) is 24.4 Å². The van der Waals surface area contributed by atoms with Crippen LogP contribution in [0.25, 0.3) is 0 Å². The molecule has 2 aliphatic rings. The highest BCUT2D eigenvalue weighted by molar-refractivity contribution is 7.88. The number of carbonyl (C=O) groups excluding carboxylic acids is 1. The lowest BCUT2D eigenvalue weighted by Gasteiger charge is -2.39. The minimum Gasteiger partial charge on any atom is -0.338 e. The van der Waals surface area contributed by atoms with Crippen molar-refractivity contribution in [3.63, 3.8) is 0 Å². The first-order valence-electron chi connectivity index (χ1n) is 9.89. The summed E-state index contributed by atoms with van der Waals surface area (Å²) in [6.45, 7) is 4.68. The summed E-state index contributed by atoms with van der Waals surface area (Å²) in [5.41, 5.74) is 1.20. The average Bonchev–Trinajstić information content (AvgIpc) is 2.66. The number of benzene rings is 1. The fourth-order valence-corrected chi connectivity index (χ4v) is 5.05. The second-order valence-corrected chi connectivity index (χ2v) is 10.0. The molecule has 0 aromatic heterocycles. The zero-order valence-corrected chi connectivity index (χ0v) is 17.1. The van der Waals surface area contributed by atoms with Crippen molar-refractivity contribution in [2.45, 2.75) is 38.6 Å². The smallest absolute Gasteiger partial charge is 0.317 e. The largest absolute Gasteiger partial charge is 0.338 e. The Morgan fingerprint density at radius 3 is 2.41 bits per heavy atom. The average molecular weight is 394 g/mol. The molecule has 7 heteroatoms. The molecule has 2 fully saturated rings. The van der Waals surface area contributed by atoms with Crippen molar-refractivity contribution in [3.8, 4) is 0 Å². The first kappa shape index (κ1) is 20.1. The molecule has 2 aliphatic heterocycles. The van der Waals surface area contributed by atoms with Crippen LogP contribution in [-0.4, -0.2) is 56.1 Å². The normalized spacial score (nSPS) is 25.3. The van der Waals surface area contributed by atoms with E-state index in [9.17, 15) is 13.2 Å². The van der Waals surface area contributed by atoms with E-state index in [4.69, 9.17) is 0 Å². The Morgan fingerprint density at radius 2 is 1.78 bits per heavy atom. The van der Waals surface area contributed by atoms with Gasteiger partial charge in [0.15, 0.2) is 0 Å². The van der Waals surface area contributed by atoms with Gasteiger partial charge in [-0.3, -0.25) is 0 Å². The molecule has 0 radical (unpaired) electrons. The number of nitrogens with one attached hydrogen (secondary N) is 1. The third kappa shape index (κ3) is 5.23. The van der Waals surface area contributed by atoms with Crippen LogP contribution in [-0.2, 0) is 10.0 Å². The van der Waals surface area contributed by atoms with Crippen molar-refractivity contribution in [2.75, 3.05) is 32.4 Å². The lowest BCUT2D eigenvalue weighted by Crippen LogP contribution is -2.48. The van der Waals surface area contributed by atoms with Crippen LogP contribution in [0.15, 0.2) is 30.3 Å². The van der Waals surface area contributed by atoms with Crippen molar-refractivity contribution in [1.82, 2.24) is 14.5 Å². The maximum Gasteiger partial charge on any atom is 0.317 e. The van der Waals surface area contributed by atoms with Crippen LogP contribution < -0.4 is 5.32 Å². The van der Waals surface area contributed by atoms with Gasteiger partial charge in [0.05, 0.1) is 12.3 Å². The molecule has 0 saturated carbocycles. The van der Waals surface area contributed by atoms with E-state index in [1.165, 1.54) is 16.1 Å². The van der Waals surface area contributed by atoms with Crippen molar-refractivity contribution < 1.29 is 13.2 Å². The fourth-order valence-electron chi connectivity index (χ4n) is 4.18. The van der Waals surface area contributed by atoms with Crippen LogP contribution in [0, 0.1) is 11.8 Å². The molecule has 2 amide bonds. The number of likely N-dealkylation sites (tertiary alicyclic amines) is 1. The molecule has 1 aromatic carbocycles. The van der Waals surface area contributed by atoms with E-state index in [1.807, 2.05) is 23.1 Å². The summed E-state index contributed by atoms with van der Waals surface area (Å²) in [5.74, 6) is 0.845. The SMILES string of the molecule is CC1CCC(c2ccccc2)N(C(=O)NCC2CCN(S(C)(=O)=O)CC2)C1. The summed E-state index contributed by atoms with van der Waals surface area (Å²) in [6, 6.07) is 10.4. The van der Waals surface area contributed by atoms with Gasteiger partial charge in [0, 0.05) is 26.2 Å². The minimum absolute atomic E-state index is 0.000876. The molecule has 1 aromatic rings. The predicted molar refractivity (Wildman–Crippen MR) is 107 cm³/mol. The van der Waals surface area contributed by atoms with Gasteiger partial charge in [-0.1, -0.05) is 37.3 Å². The molecular weight excluding hydrogens is 362 g/mol. The molecule has 0 aliphatic carbocycles. The topological polar surface area (TPSA) is 69.7 Å². The van der Waals surface area contributed by atoms with E-state index >= 15 is 0 Å². The zero-order valence-electron chi connectivity index (χ0n) is 16.3.